The van der Waals surface area contributed by atoms with Gasteiger partial charge in [-0.05, 0) is 19.1 Å². The number of rotatable bonds is 8. The monoisotopic (exact) mass is 473 g/mol. The molecule has 0 amide bonds. The summed E-state index contributed by atoms with van der Waals surface area (Å²) in [6, 6.07) is 3.56. The zero-order chi connectivity index (χ0) is 24.4. The number of hydrogen-bond acceptors (Lipinski definition) is 12. The van der Waals surface area contributed by atoms with E-state index in [4.69, 9.17) is 18.6 Å². The Bertz CT molecular complexity index is 1190. The van der Waals surface area contributed by atoms with Gasteiger partial charge in [0.2, 0.25) is 0 Å². The number of nitrogens with one attached hydrogen (secondary N) is 1. The topological polar surface area (TPSA) is 168 Å². The predicted molar refractivity (Wildman–Crippen MR) is 113 cm³/mol. The number of carbonyl (C=O) groups is 3. The first-order valence-corrected chi connectivity index (χ1v) is 10.4. The van der Waals surface area contributed by atoms with Gasteiger partial charge in [0.05, 0.1) is 19.1 Å². The summed E-state index contributed by atoms with van der Waals surface area (Å²) in [6.07, 6.45) is -2.19. The summed E-state index contributed by atoms with van der Waals surface area (Å²) in [7, 11) is 0. The van der Waals surface area contributed by atoms with Crippen LogP contribution in [0.1, 0.15) is 32.8 Å². The molecule has 34 heavy (non-hydrogen) atoms. The van der Waals surface area contributed by atoms with E-state index in [-0.39, 0.29) is 0 Å². The summed E-state index contributed by atoms with van der Waals surface area (Å²) < 4.78 is 23.4. The summed E-state index contributed by atoms with van der Waals surface area (Å²) in [4.78, 5) is 48.3. The Morgan fingerprint density at radius 3 is 2.53 bits per heavy atom. The number of aliphatic hydroxyl groups excluding tert-OH is 1. The van der Waals surface area contributed by atoms with Gasteiger partial charge < -0.3 is 29.1 Å². The molecule has 1 fully saturated rings. The van der Waals surface area contributed by atoms with E-state index in [1.165, 1.54) is 31.1 Å². The Hall–Kier alpha value is -3.84. The highest BCUT2D eigenvalue weighted by Crippen LogP contribution is 2.37. The van der Waals surface area contributed by atoms with Crippen LogP contribution in [0, 0.1) is 0 Å². The fourth-order valence-corrected chi connectivity index (χ4v) is 3.77. The van der Waals surface area contributed by atoms with Crippen LogP contribution in [0.25, 0.3) is 11.2 Å². The second-order valence-electron chi connectivity index (χ2n) is 7.67. The van der Waals surface area contributed by atoms with Gasteiger partial charge >= 0.3 is 11.9 Å². The molecule has 0 aliphatic carbocycles. The van der Waals surface area contributed by atoms with Crippen molar-refractivity contribution in [1.29, 1.82) is 0 Å². The Kier molecular flexibility index (Phi) is 6.56. The van der Waals surface area contributed by atoms with Crippen molar-refractivity contribution < 1.29 is 38.1 Å². The largest absolute Gasteiger partial charge is 0.467 e. The van der Waals surface area contributed by atoms with Crippen LogP contribution in [0.5, 0.6) is 0 Å². The minimum Gasteiger partial charge on any atom is -0.467 e. The Morgan fingerprint density at radius 2 is 1.88 bits per heavy atom. The fourth-order valence-electron chi connectivity index (χ4n) is 3.77. The van der Waals surface area contributed by atoms with Crippen LogP contribution in [0.4, 0.5) is 5.82 Å². The van der Waals surface area contributed by atoms with Crippen molar-refractivity contribution in [3.8, 4) is 0 Å². The highest BCUT2D eigenvalue weighted by Gasteiger charge is 2.53. The van der Waals surface area contributed by atoms with Gasteiger partial charge in [0, 0.05) is 13.8 Å². The molecule has 5 atom stereocenters. The van der Waals surface area contributed by atoms with Crippen LogP contribution in [-0.4, -0.2) is 66.8 Å². The number of anilines is 1. The first-order valence-electron chi connectivity index (χ1n) is 10.4. The second kappa shape index (κ2) is 9.57. The van der Waals surface area contributed by atoms with Crippen molar-refractivity contribution in [3.63, 3.8) is 0 Å². The lowest BCUT2D eigenvalue weighted by Gasteiger charge is -2.24. The normalized spacial score (nSPS) is 22.9. The molecule has 2 N–H and O–H groups in total. The summed E-state index contributed by atoms with van der Waals surface area (Å²) >= 11 is 0. The molecule has 0 bridgehead atoms. The number of ether oxygens (including phenoxy) is 3. The molecule has 13 heteroatoms. The van der Waals surface area contributed by atoms with Gasteiger partial charge in [-0.3, -0.25) is 19.0 Å². The molecule has 3 aromatic heterocycles. The predicted octanol–water partition coefficient (Wildman–Crippen LogP) is 0.742. The van der Waals surface area contributed by atoms with Crippen molar-refractivity contribution in [2.45, 2.75) is 58.0 Å². The summed E-state index contributed by atoms with van der Waals surface area (Å²) in [5.41, 5.74) is 0.706. The second-order valence-corrected chi connectivity index (χ2v) is 7.67. The molecule has 1 unspecified atom stereocenters. The van der Waals surface area contributed by atoms with Crippen molar-refractivity contribution in [2.24, 2.45) is 0 Å². The van der Waals surface area contributed by atoms with Crippen LogP contribution in [0.15, 0.2) is 35.5 Å². The SMILES string of the molecule is CC(=O)O[C@@H]1[C@H](OC(C)=O)[C@@H](C(O)C(C)=O)O[C@H]1n1cnc2c(NCc3ccco3)ncnc21. The minimum atomic E-state index is -1.62. The fraction of sp³-hybridized carbons (Fsp3) is 0.429. The lowest BCUT2D eigenvalue weighted by molar-refractivity contribution is -0.167. The van der Waals surface area contributed by atoms with Gasteiger partial charge in [0.1, 0.15) is 24.3 Å². The van der Waals surface area contributed by atoms with E-state index in [1.807, 2.05) is 0 Å². The molecular weight excluding hydrogens is 450 g/mol. The third-order valence-corrected chi connectivity index (χ3v) is 5.20. The average Bonchev–Trinajstić information content (AvgIpc) is 3.51. The van der Waals surface area contributed by atoms with E-state index in [9.17, 15) is 19.5 Å². The molecule has 13 nitrogen and oxygen atoms in total. The quantitative estimate of drug-likeness (QED) is 0.441. The zero-order valence-corrected chi connectivity index (χ0v) is 18.6. The zero-order valence-electron chi connectivity index (χ0n) is 18.6. The first-order chi connectivity index (χ1) is 16.3. The van der Waals surface area contributed by atoms with Crippen molar-refractivity contribution >= 4 is 34.7 Å². The Labute approximate surface area is 193 Å². The molecule has 0 radical (unpaired) electrons. The molecule has 4 heterocycles. The van der Waals surface area contributed by atoms with Gasteiger partial charge in [-0.25, -0.2) is 15.0 Å². The van der Waals surface area contributed by atoms with Crippen LogP contribution in [0.2, 0.25) is 0 Å². The number of furan rings is 1. The van der Waals surface area contributed by atoms with Crippen LogP contribution >= 0.6 is 0 Å². The molecule has 1 aliphatic rings. The Morgan fingerprint density at radius 1 is 1.15 bits per heavy atom. The molecule has 1 saturated heterocycles. The van der Waals surface area contributed by atoms with Crippen LogP contribution in [0.3, 0.4) is 0 Å². The standard InChI is InChI=1S/C21H23N5O8/c1-10(27)15(30)16-17(32-11(2)28)18(33-12(3)29)21(34-16)26-9-25-14-19(23-8-24-20(14)26)22-7-13-5-4-6-31-13/h4-6,8-9,15-18,21,30H,7H2,1-3H3,(H,22,23,24)/t15?,16-,17-,18-,21-/m1/s1. The van der Waals surface area contributed by atoms with Gasteiger partial charge in [0.15, 0.2) is 41.2 Å². The molecule has 1 aliphatic heterocycles. The van der Waals surface area contributed by atoms with E-state index in [2.05, 4.69) is 20.3 Å². The molecule has 0 saturated carbocycles. The van der Waals surface area contributed by atoms with E-state index in [0.29, 0.717) is 29.3 Å². The number of nitrogens with zero attached hydrogens (tertiary/aromatic N) is 4. The van der Waals surface area contributed by atoms with Gasteiger partial charge in [0.25, 0.3) is 0 Å². The van der Waals surface area contributed by atoms with E-state index < -0.39 is 48.4 Å². The molecular formula is C21H23N5O8. The number of hydrogen-bond donors (Lipinski definition) is 2. The smallest absolute Gasteiger partial charge is 0.303 e. The number of carbonyl (C=O) groups excluding carboxylic acids is 3. The van der Waals surface area contributed by atoms with Crippen LogP contribution in [-0.2, 0) is 35.1 Å². The van der Waals surface area contributed by atoms with E-state index in [0.717, 1.165) is 6.92 Å². The summed E-state index contributed by atoms with van der Waals surface area (Å²) in [5, 5.41) is 13.5. The minimum absolute atomic E-state index is 0.318. The molecule has 0 aromatic carbocycles. The Balaban J connectivity index is 1.71. The van der Waals surface area contributed by atoms with E-state index in [1.54, 1.807) is 18.4 Å². The molecule has 0 spiro atoms. The molecule has 3 aromatic rings. The highest BCUT2D eigenvalue weighted by atomic mass is 16.6. The molecule has 180 valence electrons. The first kappa shape index (κ1) is 23.3. The highest BCUT2D eigenvalue weighted by molar-refractivity contribution is 5.83. The maximum absolute atomic E-state index is 11.9. The average molecular weight is 473 g/mol. The number of aromatic nitrogens is 4. The maximum atomic E-state index is 11.9. The third-order valence-electron chi connectivity index (χ3n) is 5.20. The van der Waals surface area contributed by atoms with Gasteiger partial charge in [-0.1, -0.05) is 0 Å². The maximum Gasteiger partial charge on any atom is 0.303 e. The van der Waals surface area contributed by atoms with Crippen LogP contribution < -0.4 is 5.32 Å². The lowest BCUT2D eigenvalue weighted by atomic mass is 10.0. The number of imidazole rings is 1. The van der Waals surface area contributed by atoms with Gasteiger partial charge in [-0.15, -0.1) is 0 Å². The van der Waals surface area contributed by atoms with E-state index >= 15 is 0 Å². The lowest BCUT2D eigenvalue weighted by Crippen LogP contribution is -2.45. The summed E-state index contributed by atoms with van der Waals surface area (Å²) in [6.45, 7) is 3.86. The van der Waals surface area contributed by atoms with Crippen molar-refractivity contribution in [2.75, 3.05) is 5.32 Å². The van der Waals surface area contributed by atoms with Crippen molar-refractivity contribution in [1.82, 2.24) is 19.5 Å². The number of aliphatic hydroxyl groups is 1. The van der Waals surface area contributed by atoms with Gasteiger partial charge in [-0.2, -0.15) is 0 Å². The third kappa shape index (κ3) is 4.61. The number of Topliss-reactive ketones (excluding diaryl/α,β-unsaturated/α-hetero) is 1. The number of ketones is 1. The summed E-state index contributed by atoms with van der Waals surface area (Å²) in [5.74, 6) is -0.876. The number of fused-ring (bicyclic) bond motifs is 1. The molecule has 4 rings (SSSR count). The van der Waals surface area contributed by atoms with Crippen molar-refractivity contribution in [3.05, 3.63) is 36.8 Å². The number of esters is 2.